The standard InChI is InChI=1S/C23H26N2O4S/c1-23(2)14-19(18-5-3-4-6-21(18)29-23)24-30(27,28)17-9-10-20-16(13-17)11-12-25(20)22(26)15-7-8-15/h3-6,9-10,13,15,19,24H,7-8,11-12,14H2,1-2H3/t19-/m0/s1. The van der Waals surface area contributed by atoms with E-state index < -0.39 is 15.6 Å². The number of anilines is 1. The van der Waals surface area contributed by atoms with E-state index in [2.05, 4.69) is 4.72 Å². The van der Waals surface area contributed by atoms with Crippen LogP contribution in [0.5, 0.6) is 5.75 Å². The van der Waals surface area contributed by atoms with E-state index in [9.17, 15) is 13.2 Å². The minimum atomic E-state index is -3.73. The van der Waals surface area contributed by atoms with Gasteiger partial charge in [0, 0.05) is 30.1 Å². The van der Waals surface area contributed by atoms with E-state index in [1.807, 2.05) is 43.0 Å². The summed E-state index contributed by atoms with van der Waals surface area (Å²) in [5.74, 6) is 1.03. The van der Waals surface area contributed by atoms with Crippen molar-refractivity contribution in [3.05, 3.63) is 53.6 Å². The molecule has 0 radical (unpaired) electrons. The van der Waals surface area contributed by atoms with Gasteiger partial charge >= 0.3 is 0 Å². The minimum Gasteiger partial charge on any atom is -0.487 e. The van der Waals surface area contributed by atoms with Gasteiger partial charge in [0.25, 0.3) is 0 Å². The number of hydrogen-bond donors (Lipinski definition) is 1. The number of ether oxygens (including phenoxy) is 1. The van der Waals surface area contributed by atoms with Gasteiger partial charge in [-0.3, -0.25) is 4.79 Å². The largest absolute Gasteiger partial charge is 0.487 e. The van der Waals surface area contributed by atoms with Crippen LogP contribution in [-0.4, -0.2) is 26.5 Å². The Morgan fingerprint density at radius 2 is 1.93 bits per heavy atom. The van der Waals surface area contributed by atoms with Gasteiger partial charge in [-0.2, -0.15) is 0 Å². The Morgan fingerprint density at radius 1 is 1.17 bits per heavy atom. The highest BCUT2D eigenvalue weighted by Gasteiger charge is 2.38. The predicted octanol–water partition coefficient (Wildman–Crippen LogP) is 3.57. The molecular weight excluding hydrogens is 400 g/mol. The summed E-state index contributed by atoms with van der Waals surface area (Å²) < 4.78 is 35.3. The first-order valence-corrected chi connectivity index (χ1v) is 12.0. The molecule has 1 atom stereocenters. The highest BCUT2D eigenvalue weighted by Crippen LogP contribution is 2.41. The first kappa shape index (κ1) is 19.6. The molecule has 6 nitrogen and oxygen atoms in total. The van der Waals surface area contributed by atoms with Crippen molar-refractivity contribution in [1.29, 1.82) is 0 Å². The Hall–Kier alpha value is -2.38. The molecule has 1 amide bonds. The fraction of sp³-hybridized carbons (Fsp3) is 0.435. The van der Waals surface area contributed by atoms with E-state index in [-0.39, 0.29) is 22.8 Å². The number of carbonyl (C=O) groups is 1. The zero-order valence-electron chi connectivity index (χ0n) is 17.2. The third-order valence-electron chi connectivity index (χ3n) is 6.12. The van der Waals surface area contributed by atoms with Crippen molar-refractivity contribution < 1.29 is 17.9 Å². The van der Waals surface area contributed by atoms with Gasteiger partial charge in [0.05, 0.1) is 10.9 Å². The van der Waals surface area contributed by atoms with Crippen molar-refractivity contribution in [3.8, 4) is 5.75 Å². The number of carbonyl (C=O) groups excluding carboxylic acids is 1. The molecule has 30 heavy (non-hydrogen) atoms. The van der Waals surface area contributed by atoms with Crippen molar-refractivity contribution in [2.75, 3.05) is 11.4 Å². The molecule has 7 heteroatoms. The van der Waals surface area contributed by atoms with Crippen LogP contribution in [0, 0.1) is 5.92 Å². The van der Waals surface area contributed by atoms with Gasteiger partial charge < -0.3 is 9.64 Å². The van der Waals surface area contributed by atoms with E-state index in [4.69, 9.17) is 4.74 Å². The van der Waals surface area contributed by atoms with Crippen LogP contribution in [-0.2, 0) is 21.2 Å². The van der Waals surface area contributed by atoms with E-state index in [0.29, 0.717) is 25.1 Å². The van der Waals surface area contributed by atoms with Crippen LogP contribution < -0.4 is 14.4 Å². The Labute approximate surface area is 177 Å². The summed E-state index contributed by atoms with van der Waals surface area (Å²) in [6.07, 6.45) is 3.15. The monoisotopic (exact) mass is 426 g/mol. The van der Waals surface area contributed by atoms with Gasteiger partial charge in [0.1, 0.15) is 11.4 Å². The summed E-state index contributed by atoms with van der Waals surface area (Å²) in [7, 11) is -3.73. The molecule has 2 aromatic carbocycles. The van der Waals surface area contributed by atoms with E-state index in [1.54, 1.807) is 18.2 Å². The SMILES string of the molecule is CC1(C)C[C@H](NS(=O)(=O)c2ccc3c(c2)CCN3C(=O)C2CC2)c2ccccc2O1. The molecular formula is C23H26N2O4S. The highest BCUT2D eigenvalue weighted by atomic mass is 32.2. The quantitative estimate of drug-likeness (QED) is 0.811. The molecule has 1 aliphatic carbocycles. The maximum absolute atomic E-state index is 13.2. The number of benzene rings is 2. The molecule has 3 aliphatic rings. The van der Waals surface area contributed by atoms with Gasteiger partial charge in [0.15, 0.2) is 0 Å². The van der Waals surface area contributed by atoms with Gasteiger partial charge in [-0.1, -0.05) is 18.2 Å². The van der Waals surface area contributed by atoms with Crippen LogP contribution in [0.1, 0.15) is 50.3 Å². The maximum atomic E-state index is 13.2. The Kier molecular flexibility index (Phi) is 4.45. The van der Waals surface area contributed by atoms with E-state index in [1.165, 1.54) is 0 Å². The zero-order valence-corrected chi connectivity index (χ0v) is 18.0. The van der Waals surface area contributed by atoms with Crippen LogP contribution in [0.2, 0.25) is 0 Å². The number of rotatable bonds is 4. The summed E-state index contributed by atoms with van der Waals surface area (Å²) in [5, 5.41) is 0. The van der Waals surface area contributed by atoms with Crippen LogP contribution in [0.4, 0.5) is 5.69 Å². The molecule has 5 rings (SSSR count). The van der Waals surface area contributed by atoms with Crippen LogP contribution in [0.3, 0.4) is 0 Å². The van der Waals surface area contributed by atoms with Gasteiger partial charge in [0.2, 0.25) is 15.9 Å². The number of nitrogens with one attached hydrogen (secondary N) is 1. The number of para-hydroxylation sites is 1. The summed E-state index contributed by atoms with van der Waals surface area (Å²) in [6, 6.07) is 12.3. The third-order valence-corrected chi connectivity index (χ3v) is 7.59. The molecule has 2 aliphatic heterocycles. The fourth-order valence-corrected chi connectivity index (χ4v) is 5.75. The molecule has 1 saturated carbocycles. The predicted molar refractivity (Wildman–Crippen MR) is 114 cm³/mol. The second-order valence-electron chi connectivity index (χ2n) is 9.08. The topological polar surface area (TPSA) is 75.7 Å². The molecule has 0 unspecified atom stereocenters. The molecule has 1 N–H and O–H groups in total. The average molecular weight is 427 g/mol. The second kappa shape index (κ2) is 6.82. The molecule has 0 bridgehead atoms. The molecule has 2 aromatic rings. The number of sulfonamides is 1. The summed E-state index contributed by atoms with van der Waals surface area (Å²) in [5.41, 5.74) is 2.15. The Morgan fingerprint density at radius 3 is 2.70 bits per heavy atom. The molecule has 0 spiro atoms. The fourth-order valence-electron chi connectivity index (χ4n) is 4.49. The van der Waals surface area contributed by atoms with Crippen LogP contribution in [0.15, 0.2) is 47.4 Å². The molecule has 158 valence electrons. The lowest BCUT2D eigenvalue weighted by atomic mass is 9.90. The third kappa shape index (κ3) is 3.50. The van der Waals surface area contributed by atoms with E-state index in [0.717, 1.165) is 29.7 Å². The van der Waals surface area contributed by atoms with Crippen molar-refractivity contribution in [2.45, 2.75) is 56.1 Å². The average Bonchev–Trinajstić information content (AvgIpc) is 3.45. The Balaban J connectivity index is 1.42. The van der Waals surface area contributed by atoms with Crippen molar-refractivity contribution in [3.63, 3.8) is 0 Å². The molecule has 0 aromatic heterocycles. The van der Waals surface area contributed by atoms with Gasteiger partial charge in [-0.05, 0) is 62.9 Å². The maximum Gasteiger partial charge on any atom is 0.241 e. The zero-order chi connectivity index (χ0) is 21.1. The highest BCUT2D eigenvalue weighted by molar-refractivity contribution is 7.89. The lowest BCUT2D eigenvalue weighted by Crippen LogP contribution is -2.41. The Bertz CT molecular complexity index is 1120. The molecule has 0 saturated heterocycles. The smallest absolute Gasteiger partial charge is 0.241 e. The first-order chi connectivity index (χ1) is 14.2. The summed E-state index contributed by atoms with van der Waals surface area (Å²) in [6.45, 7) is 4.55. The van der Waals surface area contributed by atoms with Crippen molar-refractivity contribution >= 4 is 21.6 Å². The number of fused-ring (bicyclic) bond motifs is 2. The second-order valence-corrected chi connectivity index (χ2v) is 10.8. The number of nitrogens with zero attached hydrogens (tertiary/aromatic N) is 1. The molecule has 2 heterocycles. The van der Waals surface area contributed by atoms with E-state index >= 15 is 0 Å². The van der Waals surface area contributed by atoms with Crippen molar-refractivity contribution in [1.82, 2.24) is 4.72 Å². The number of hydrogen-bond acceptors (Lipinski definition) is 4. The first-order valence-electron chi connectivity index (χ1n) is 10.5. The number of amides is 1. The minimum absolute atomic E-state index is 0.151. The van der Waals surface area contributed by atoms with Gasteiger partial charge in [-0.15, -0.1) is 0 Å². The van der Waals surface area contributed by atoms with Crippen molar-refractivity contribution in [2.24, 2.45) is 5.92 Å². The molecule has 1 fully saturated rings. The van der Waals surface area contributed by atoms with Crippen LogP contribution in [0.25, 0.3) is 0 Å². The lowest BCUT2D eigenvalue weighted by molar-refractivity contribution is -0.119. The summed E-state index contributed by atoms with van der Waals surface area (Å²) >= 11 is 0. The van der Waals surface area contributed by atoms with Gasteiger partial charge in [-0.25, -0.2) is 13.1 Å². The lowest BCUT2D eigenvalue weighted by Gasteiger charge is -2.37. The summed E-state index contributed by atoms with van der Waals surface area (Å²) in [4.78, 5) is 14.5. The van der Waals surface area contributed by atoms with Crippen LogP contribution >= 0.6 is 0 Å². The normalized spacial score (nSPS) is 22.2.